The first kappa shape index (κ1) is 18.4. The molecule has 0 aliphatic rings. The summed E-state index contributed by atoms with van der Waals surface area (Å²) in [6, 6.07) is 11.7. The Morgan fingerprint density at radius 1 is 1.00 bits per heavy atom. The zero-order valence-corrected chi connectivity index (χ0v) is 14.0. The monoisotopic (exact) mass is 356 g/mol. The fourth-order valence-corrected chi connectivity index (χ4v) is 2.59. The highest BCUT2D eigenvalue weighted by Crippen LogP contribution is 2.16. The van der Waals surface area contributed by atoms with Crippen LogP contribution in [0.5, 0.6) is 0 Å². The third kappa shape index (κ3) is 5.01. The molecule has 2 aromatic carbocycles. The van der Waals surface area contributed by atoms with Gasteiger partial charge in [-0.1, -0.05) is 0 Å². The van der Waals surface area contributed by atoms with Gasteiger partial charge in [0.25, 0.3) is 0 Å². The Hall–Kier alpha value is -2.95. The van der Waals surface area contributed by atoms with Crippen molar-refractivity contribution in [1.29, 1.82) is 0 Å². The second kappa shape index (κ2) is 7.75. The number of sulfonamides is 1. The van der Waals surface area contributed by atoms with Gasteiger partial charge >= 0.3 is 0 Å². The van der Waals surface area contributed by atoms with Crippen LogP contribution in [0, 0.1) is 12.3 Å². The SMILES string of the molecule is C#CCCC(=O)Nc1ccc(C(=O)c2ccc(S(N)(=O)=O)cc2)cc1. The van der Waals surface area contributed by atoms with Gasteiger partial charge in [-0.05, 0) is 48.5 Å². The van der Waals surface area contributed by atoms with Crippen LogP contribution in [0.4, 0.5) is 5.69 Å². The van der Waals surface area contributed by atoms with Gasteiger partial charge in [0.1, 0.15) is 0 Å². The zero-order chi connectivity index (χ0) is 18.4. The molecule has 0 aliphatic heterocycles. The Labute approximate surface area is 146 Å². The predicted octanol–water partition coefficient (Wildman–Crippen LogP) is 1.92. The summed E-state index contributed by atoms with van der Waals surface area (Å²) < 4.78 is 22.4. The molecule has 0 aromatic heterocycles. The predicted molar refractivity (Wildman–Crippen MR) is 94.4 cm³/mol. The largest absolute Gasteiger partial charge is 0.326 e. The molecular weight excluding hydrogens is 340 g/mol. The van der Waals surface area contributed by atoms with Crippen LogP contribution in [0.15, 0.2) is 53.4 Å². The minimum atomic E-state index is -3.80. The molecule has 0 heterocycles. The summed E-state index contributed by atoms with van der Waals surface area (Å²) in [5.41, 5.74) is 1.30. The number of carbonyl (C=O) groups is 2. The first-order chi connectivity index (χ1) is 11.8. The molecule has 0 spiro atoms. The van der Waals surface area contributed by atoms with Crippen molar-refractivity contribution in [2.24, 2.45) is 5.14 Å². The van der Waals surface area contributed by atoms with Crippen molar-refractivity contribution in [3.63, 3.8) is 0 Å². The van der Waals surface area contributed by atoms with Crippen LogP contribution in [-0.4, -0.2) is 20.1 Å². The molecule has 128 valence electrons. The van der Waals surface area contributed by atoms with Gasteiger partial charge in [-0.3, -0.25) is 9.59 Å². The maximum atomic E-state index is 12.4. The fourth-order valence-electron chi connectivity index (χ4n) is 2.08. The number of amides is 1. The number of rotatable bonds is 6. The highest BCUT2D eigenvalue weighted by Gasteiger charge is 2.12. The molecule has 3 N–H and O–H groups in total. The molecule has 25 heavy (non-hydrogen) atoms. The molecule has 2 aromatic rings. The number of nitrogens with two attached hydrogens (primary N) is 1. The summed E-state index contributed by atoms with van der Waals surface area (Å²) in [5, 5.41) is 7.70. The van der Waals surface area contributed by atoms with E-state index in [-0.39, 0.29) is 23.0 Å². The molecule has 0 atom stereocenters. The van der Waals surface area contributed by atoms with Gasteiger partial charge in [-0.2, -0.15) is 0 Å². The van der Waals surface area contributed by atoms with E-state index in [0.717, 1.165) is 0 Å². The number of ketones is 1. The lowest BCUT2D eigenvalue weighted by molar-refractivity contribution is -0.116. The van der Waals surface area contributed by atoms with Crippen LogP contribution < -0.4 is 10.5 Å². The Bertz CT molecular complexity index is 925. The van der Waals surface area contributed by atoms with E-state index in [1.807, 2.05) is 0 Å². The third-order valence-electron chi connectivity index (χ3n) is 3.37. The van der Waals surface area contributed by atoms with Crippen molar-refractivity contribution in [2.45, 2.75) is 17.7 Å². The summed E-state index contributed by atoms with van der Waals surface area (Å²) in [7, 11) is -3.80. The highest BCUT2D eigenvalue weighted by molar-refractivity contribution is 7.89. The average Bonchev–Trinajstić information content (AvgIpc) is 2.59. The van der Waals surface area contributed by atoms with Gasteiger partial charge < -0.3 is 5.32 Å². The van der Waals surface area contributed by atoms with E-state index in [1.165, 1.54) is 24.3 Å². The molecule has 2 rings (SSSR count). The smallest absolute Gasteiger partial charge is 0.238 e. The molecular formula is C18H16N2O4S. The second-order valence-electron chi connectivity index (χ2n) is 5.23. The molecule has 1 amide bonds. The normalized spacial score (nSPS) is 10.7. The van der Waals surface area contributed by atoms with Crippen LogP contribution in [0.3, 0.4) is 0 Å². The minimum absolute atomic E-state index is 0.0610. The maximum absolute atomic E-state index is 12.4. The number of primary sulfonamides is 1. The van der Waals surface area contributed by atoms with Crippen LogP contribution in [-0.2, 0) is 14.8 Å². The van der Waals surface area contributed by atoms with E-state index in [2.05, 4.69) is 11.2 Å². The number of hydrogen-bond donors (Lipinski definition) is 2. The van der Waals surface area contributed by atoms with Crippen molar-refractivity contribution in [1.82, 2.24) is 0 Å². The van der Waals surface area contributed by atoms with Crippen LogP contribution in [0.2, 0.25) is 0 Å². The van der Waals surface area contributed by atoms with Crippen LogP contribution >= 0.6 is 0 Å². The van der Waals surface area contributed by atoms with Crippen LogP contribution in [0.25, 0.3) is 0 Å². The Balaban J connectivity index is 2.10. The second-order valence-corrected chi connectivity index (χ2v) is 6.79. The number of carbonyl (C=O) groups excluding carboxylic acids is 2. The first-order valence-electron chi connectivity index (χ1n) is 7.32. The van der Waals surface area contributed by atoms with Gasteiger partial charge in [-0.15, -0.1) is 12.3 Å². The molecule has 0 unspecified atom stereocenters. The fraction of sp³-hybridized carbons (Fsp3) is 0.111. The van der Waals surface area contributed by atoms with Crippen molar-refractivity contribution < 1.29 is 18.0 Å². The van der Waals surface area contributed by atoms with E-state index in [1.54, 1.807) is 24.3 Å². The highest BCUT2D eigenvalue weighted by atomic mass is 32.2. The first-order valence-corrected chi connectivity index (χ1v) is 8.87. The molecule has 0 radical (unpaired) electrons. The standard InChI is InChI=1S/C18H16N2O4S/c1-2-3-4-17(21)20-15-9-5-13(6-10-15)18(22)14-7-11-16(12-8-14)25(19,23)24/h1,5-12H,3-4H2,(H,20,21)(H2,19,23,24). The summed E-state index contributed by atoms with van der Waals surface area (Å²) in [4.78, 5) is 23.9. The van der Waals surface area contributed by atoms with Crippen molar-refractivity contribution in [3.05, 3.63) is 59.7 Å². The maximum Gasteiger partial charge on any atom is 0.238 e. The summed E-state index contributed by atoms with van der Waals surface area (Å²) >= 11 is 0. The Morgan fingerprint density at radius 2 is 1.52 bits per heavy atom. The molecule has 0 fully saturated rings. The molecule has 0 saturated carbocycles. The third-order valence-corrected chi connectivity index (χ3v) is 4.30. The number of nitrogens with one attached hydrogen (secondary N) is 1. The van der Waals surface area contributed by atoms with E-state index in [9.17, 15) is 18.0 Å². The van der Waals surface area contributed by atoms with E-state index >= 15 is 0 Å². The van der Waals surface area contributed by atoms with E-state index < -0.39 is 10.0 Å². The minimum Gasteiger partial charge on any atom is -0.326 e. The lowest BCUT2D eigenvalue weighted by atomic mass is 10.0. The van der Waals surface area contributed by atoms with Gasteiger partial charge in [0, 0.05) is 29.7 Å². The van der Waals surface area contributed by atoms with Crippen molar-refractivity contribution in [2.75, 3.05) is 5.32 Å². The molecule has 0 aliphatic carbocycles. The molecule has 7 heteroatoms. The number of hydrogen-bond acceptors (Lipinski definition) is 4. The zero-order valence-electron chi connectivity index (χ0n) is 13.2. The van der Waals surface area contributed by atoms with Gasteiger partial charge in [0.15, 0.2) is 5.78 Å². The topological polar surface area (TPSA) is 106 Å². The number of benzene rings is 2. The number of anilines is 1. The van der Waals surface area contributed by atoms with E-state index in [0.29, 0.717) is 23.2 Å². The van der Waals surface area contributed by atoms with Gasteiger partial charge in [-0.25, -0.2) is 13.6 Å². The van der Waals surface area contributed by atoms with Crippen molar-refractivity contribution >= 4 is 27.4 Å². The summed E-state index contributed by atoms with van der Waals surface area (Å²) in [6.45, 7) is 0. The van der Waals surface area contributed by atoms with Gasteiger partial charge in [0.2, 0.25) is 15.9 Å². The lowest BCUT2D eigenvalue weighted by Gasteiger charge is -2.06. The average molecular weight is 356 g/mol. The molecule has 0 saturated heterocycles. The van der Waals surface area contributed by atoms with Crippen LogP contribution in [0.1, 0.15) is 28.8 Å². The number of terminal acetylenes is 1. The summed E-state index contributed by atoms with van der Waals surface area (Å²) in [5.74, 6) is 1.92. The van der Waals surface area contributed by atoms with Crippen molar-refractivity contribution in [3.8, 4) is 12.3 Å². The van der Waals surface area contributed by atoms with Gasteiger partial charge in [0.05, 0.1) is 4.90 Å². The Kier molecular flexibility index (Phi) is 5.70. The summed E-state index contributed by atoms with van der Waals surface area (Å²) in [6.07, 6.45) is 5.69. The Morgan fingerprint density at radius 3 is 2.00 bits per heavy atom. The lowest BCUT2D eigenvalue weighted by Crippen LogP contribution is -2.12. The molecule has 6 nitrogen and oxygen atoms in total. The molecule has 0 bridgehead atoms. The van der Waals surface area contributed by atoms with E-state index in [4.69, 9.17) is 11.6 Å². The quantitative estimate of drug-likeness (QED) is 0.609.